The van der Waals surface area contributed by atoms with Crippen LogP contribution in [0, 0.1) is 17.0 Å². The number of rotatable bonds is 7. The van der Waals surface area contributed by atoms with Gasteiger partial charge in [0.05, 0.1) is 15.9 Å². The number of hydrogen-bond donors (Lipinski definition) is 2. The van der Waals surface area contributed by atoms with Gasteiger partial charge >= 0.3 is 0 Å². The lowest BCUT2D eigenvalue weighted by Crippen LogP contribution is -2.35. The van der Waals surface area contributed by atoms with E-state index in [2.05, 4.69) is 5.32 Å². The number of aliphatic hydroxyl groups excluding tert-OH is 1. The first-order chi connectivity index (χ1) is 13.8. The van der Waals surface area contributed by atoms with E-state index in [1.165, 1.54) is 16.4 Å². The summed E-state index contributed by atoms with van der Waals surface area (Å²) in [4.78, 5) is 10.8. The minimum absolute atomic E-state index is 0.0581. The van der Waals surface area contributed by atoms with Crippen LogP contribution in [0.25, 0.3) is 0 Å². The predicted molar refractivity (Wildman–Crippen MR) is 110 cm³/mol. The molecule has 1 heterocycles. The number of nitrogens with zero attached hydrogens (tertiary/aromatic N) is 2. The van der Waals surface area contributed by atoms with Crippen LogP contribution in [-0.4, -0.2) is 42.4 Å². The lowest BCUT2D eigenvalue weighted by atomic mass is 10.1. The molecule has 1 aliphatic heterocycles. The monoisotopic (exact) mass is 419 g/mol. The van der Waals surface area contributed by atoms with Crippen LogP contribution in [0.1, 0.15) is 36.5 Å². The Kier molecular flexibility index (Phi) is 6.51. The third-order valence-electron chi connectivity index (χ3n) is 5.03. The first kappa shape index (κ1) is 21.2. The lowest BCUT2D eigenvalue weighted by molar-refractivity contribution is -0.384. The summed E-state index contributed by atoms with van der Waals surface area (Å²) in [6.45, 7) is 2.83. The van der Waals surface area contributed by atoms with E-state index in [9.17, 15) is 23.6 Å². The molecule has 8 nitrogen and oxygen atoms in total. The highest BCUT2D eigenvalue weighted by atomic mass is 32.2. The van der Waals surface area contributed by atoms with Gasteiger partial charge in [-0.15, -0.1) is 0 Å². The van der Waals surface area contributed by atoms with Gasteiger partial charge < -0.3 is 10.4 Å². The zero-order chi connectivity index (χ0) is 21.0. The normalized spacial score (nSPS) is 16.3. The second-order valence-corrected chi connectivity index (χ2v) is 9.15. The van der Waals surface area contributed by atoms with Gasteiger partial charge in [0.2, 0.25) is 10.0 Å². The van der Waals surface area contributed by atoms with E-state index in [1.54, 1.807) is 6.07 Å². The lowest BCUT2D eigenvalue weighted by Gasteiger charge is -2.25. The molecule has 156 valence electrons. The summed E-state index contributed by atoms with van der Waals surface area (Å²) in [5, 5.41) is 24.8. The molecule has 0 saturated carbocycles. The molecule has 2 N–H and O–H groups in total. The van der Waals surface area contributed by atoms with Gasteiger partial charge in [-0.25, -0.2) is 8.42 Å². The first-order valence-electron chi connectivity index (χ1n) is 9.56. The van der Waals surface area contributed by atoms with E-state index in [-0.39, 0.29) is 22.8 Å². The maximum absolute atomic E-state index is 12.8. The van der Waals surface area contributed by atoms with Gasteiger partial charge in [-0.3, -0.25) is 10.1 Å². The van der Waals surface area contributed by atoms with Crippen LogP contribution < -0.4 is 5.32 Å². The van der Waals surface area contributed by atoms with Crippen molar-refractivity contribution in [3.05, 3.63) is 63.7 Å². The molecule has 0 radical (unpaired) electrons. The molecule has 2 aromatic carbocycles. The number of anilines is 1. The summed E-state index contributed by atoms with van der Waals surface area (Å²) >= 11 is 0. The number of aryl methyl sites for hydroxylation is 1. The molecule has 29 heavy (non-hydrogen) atoms. The molecule has 3 rings (SSSR count). The van der Waals surface area contributed by atoms with Crippen LogP contribution in [0.3, 0.4) is 0 Å². The van der Waals surface area contributed by atoms with Gasteiger partial charge in [0, 0.05) is 25.7 Å². The minimum Gasteiger partial charge on any atom is -0.387 e. The Morgan fingerprint density at radius 2 is 1.90 bits per heavy atom. The number of nitro benzene ring substituents is 1. The fourth-order valence-corrected chi connectivity index (χ4v) is 4.97. The van der Waals surface area contributed by atoms with Gasteiger partial charge in [0.25, 0.3) is 5.69 Å². The van der Waals surface area contributed by atoms with Gasteiger partial charge in [-0.2, -0.15) is 4.31 Å². The maximum Gasteiger partial charge on any atom is 0.293 e. The van der Waals surface area contributed by atoms with Crippen LogP contribution >= 0.6 is 0 Å². The fourth-order valence-electron chi connectivity index (χ4n) is 3.43. The van der Waals surface area contributed by atoms with Crippen LogP contribution in [0.2, 0.25) is 0 Å². The van der Waals surface area contributed by atoms with Crippen LogP contribution in [0.4, 0.5) is 11.4 Å². The predicted octanol–water partition coefficient (Wildman–Crippen LogP) is 3.22. The minimum atomic E-state index is -3.76. The van der Waals surface area contributed by atoms with Crippen molar-refractivity contribution in [2.45, 2.75) is 37.2 Å². The highest BCUT2D eigenvalue weighted by molar-refractivity contribution is 7.89. The number of hydrogen-bond acceptors (Lipinski definition) is 6. The smallest absolute Gasteiger partial charge is 0.293 e. The molecule has 1 saturated heterocycles. The van der Waals surface area contributed by atoms with Crippen molar-refractivity contribution in [2.24, 2.45) is 0 Å². The van der Waals surface area contributed by atoms with Crippen molar-refractivity contribution in [2.75, 3.05) is 25.0 Å². The Morgan fingerprint density at radius 3 is 2.55 bits per heavy atom. The molecule has 0 spiro atoms. The molecule has 2 aromatic rings. The summed E-state index contributed by atoms with van der Waals surface area (Å²) in [6.07, 6.45) is 1.71. The molecule has 1 atom stereocenters. The van der Waals surface area contributed by atoms with Gasteiger partial charge in [0.15, 0.2) is 0 Å². The number of piperidine rings is 1. The summed E-state index contributed by atoms with van der Waals surface area (Å²) < 4.78 is 27.0. The topological polar surface area (TPSA) is 113 Å². The van der Waals surface area contributed by atoms with E-state index in [4.69, 9.17) is 0 Å². The maximum atomic E-state index is 12.8. The second-order valence-electron chi connectivity index (χ2n) is 7.21. The molecule has 9 heteroatoms. The SMILES string of the molecule is Cc1cccc(C(O)CNc2ccc(S(=O)(=O)N3CCCCC3)cc2[N+](=O)[O-])c1. The van der Waals surface area contributed by atoms with Crippen LogP contribution in [0.15, 0.2) is 47.4 Å². The zero-order valence-electron chi connectivity index (χ0n) is 16.2. The van der Waals surface area contributed by atoms with E-state index in [0.29, 0.717) is 18.7 Å². The van der Waals surface area contributed by atoms with Crippen molar-refractivity contribution in [3.8, 4) is 0 Å². The Hall–Kier alpha value is -2.49. The highest BCUT2D eigenvalue weighted by Crippen LogP contribution is 2.30. The van der Waals surface area contributed by atoms with Gasteiger partial charge in [0.1, 0.15) is 5.69 Å². The summed E-state index contributed by atoms with van der Waals surface area (Å²) in [5.41, 5.74) is 1.53. The Labute approximate surface area is 170 Å². The first-order valence-corrected chi connectivity index (χ1v) is 11.0. The van der Waals surface area contributed by atoms with Crippen molar-refractivity contribution < 1.29 is 18.4 Å². The zero-order valence-corrected chi connectivity index (χ0v) is 17.1. The molecular formula is C20H25N3O5S. The molecular weight excluding hydrogens is 394 g/mol. The molecule has 0 aromatic heterocycles. The van der Waals surface area contributed by atoms with Crippen LogP contribution in [-0.2, 0) is 10.0 Å². The third-order valence-corrected chi connectivity index (χ3v) is 6.93. The molecule has 1 aliphatic rings. The number of nitro groups is 1. The largest absolute Gasteiger partial charge is 0.387 e. The quantitative estimate of drug-likeness (QED) is 0.526. The molecule has 0 amide bonds. The van der Waals surface area contributed by atoms with Crippen molar-refractivity contribution in [1.29, 1.82) is 0 Å². The van der Waals surface area contributed by atoms with Gasteiger partial charge in [-0.05, 0) is 37.5 Å². The fraction of sp³-hybridized carbons (Fsp3) is 0.400. The number of aliphatic hydroxyl groups is 1. The average Bonchev–Trinajstić information content (AvgIpc) is 2.72. The Morgan fingerprint density at radius 1 is 1.17 bits per heavy atom. The van der Waals surface area contributed by atoms with Crippen LogP contribution in [0.5, 0.6) is 0 Å². The van der Waals surface area contributed by atoms with E-state index in [0.717, 1.165) is 30.9 Å². The van der Waals surface area contributed by atoms with E-state index in [1.807, 2.05) is 25.1 Å². The van der Waals surface area contributed by atoms with Crippen molar-refractivity contribution >= 4 is 21.4 Å². The Bertz CT molecular complexity index is 987. The molecule has 1 unspecified atom stereocenters. The summed E-state index contributed by atoms with van der Waals surface area (Å²) in [6, 6.07) is 11.2. The van der Waals surface area contributed by atoms with Crippen molar-refractivity contribution in [3.63, 3.8) is 0 Å². The molecule has 1 fully saturated rings. The number of nitrogens with one attached hydrogen (secondary N) is 1. The Balaban J connectivity index is 1.80. The molecule has 0 aliphatic carbocycles. The van der Waals surface area contributed by atoms with Crippen molar-refractivity contribution in [1.82, 2.24) is 4.31 Å². The average molecular weight is 420 g/mol. The molecule has 0 bridgehead atoms. The summed E-state index contributed by atoms with van der Waals surface area (Å²) in [7, 11) is -3.76. The third kappa shape index (κ3) is 4.92. The van der Waals surface area contributed by atoms with E-state index >= 15 is 0 Å². The van der Waals surface area contributed by atoms with E-state index < -0.39 is 21.1 Å². The number of benzene rings is 2. The number of sulfonamides is 1. The highest BCUT2D eigenvalue weighted by Gasteiger charge is 2.28. The van der Waals surface area contributed by atoms with Gasteiger partial charge in [-0.1, -0.05) is 36.2 Å². The second kappa shape index (κ2) is 8.89. The standard InChI is InChI=1S/C20H25N3O5S/c1-15-6-5-7-16(12-15)20(24)14-21-18-9-8-17(13-19(18)23(25)26)29(27,28)22-10-3-2-4-11-22/h5-9,12-13,20-21,24H,2-4,10-11,14H2,1H3. The summed E-state index contributed by atoms with van der Waals surface area (Å²) in [5.74, 6) is 0.